The first-order valence-corrected chi connectivity index (χ1v) is 9.69. The molecule has 0 aliphatic rings. The average molecular weight is 408 g/mol. The van der Waals surface area contributed by atoms with E-state index in [0.29, 0.717) is 48.1 Å². The van der Waals surface area contributed by atoms with E-state index >= 15 is 0 Å². The second-order valence-electron chi connectivity index (χ2n) is 6.33. The Morgan fingerprint density at radius 3 is 2.47 bits per heavy atom. The third-order valence-electron chi connectivity index (χ3n) is 4.24. The minimum atomic E-state index is -0.317. The van der Waals surface area contributed by atoms with E-state index in [1.54, 1.807) is 66.9 Å². The number of ether oxygens (including phenoxy) is 2. The highest BCUT2D eigenvalue weighted by Crippen LogP contribution is 2.18. The standard InChI is InChI=1S/C23H24N2O5/c1-2-28-14-15-30-18-11-9-17(10-12-18)22(26)25-21-8-4-3-7-20(21)23(27)24-16-19-6-5-13-29-19/h3-13H,2,14-16H2,1H3,(H,24,27)(H,25,26). The first-order valence-electron chi connectivity index (χ1n) is 9.69. The van der Waals surface area contributed by atoms with Crippen LogP contribution in [-0.2, 0) is 11.3 Å². The largest absolute Gasteiger partial charge is 0.491 e. The number of para-hydroxylation sites is 1. The number of hydrogen-bond acceptors (Lipinski definition) is 5. The summed E-state index contributed by atoms with van der Waals surface area (Å²) in [5.74, 6) is 0.680. The quantitative estimate of drug-likeness (QED) is 0.497. The van der Waals surface area contributed by atoms with Gasteiger partial charge in [0, 0.05) is 12.2 Å². The van der Waals surface area contributed by atoms with E-state index in [1.807, 2.05) is 6.92 Å². The summed E-state index contributed by atoms with van der Waals surface area (Å²) >= 11 is 0. The molecule has 1 aromatic heterocycles. The average Bonchev–Trinajstić information content (AvgIpc) is 3.29. The third kappa shape index (κ3) is 5.96. The molecule has 7 nitrogen and oxygen atoms in total. The van der Waals surface area contributed by atoms with Gasteiger partial charge in [-0.05, 0) is 55.5 Å². The second-order valence-corrected chi connectivity index (χ2v) is 6.33. The lowest BCUT2D eigenvalue weighted by Gasteiger charge is -2.11. The van der Waals surface area contributed by atoms with Crippen molar-refractivity contribution >= 4 is 17.5 Å². The second kappa shape index (κ2) is 10.8. The van der Waals surface area contributed by atoms with Gasteiger partial charge < -0.3 is 24.5 Å². The molecule has 0 fully saturated rings. The zero-order valence-corrected chi connectivity index (χ0v) is 16.7. The van der Waals surface area contributed by atoms with Crippen LogP contribution < -0.4 is 15.4 Å². The molecule has 0 bridgehead atoms. The Labute approximate surface area is 175 Å². The van der Waals surface area contributed by atoms with Crippen molar-refractivity contribution in [2.24, 2.45) is 0 Å². The van der Waals surface area contributed by atoms with Crippen LogP contribution >= 0.6 is 0 Å². The normalized spacial score (nSPS) is 10.4. The third-order valence-corrected chi connectivity index (χ3v) is 4.24. The van der Waals surface area contributed by atoms with Gasteiger partial charge in [-0.15, -0.1) is 0 Å². The molecule has 1 heterocycles. The lowest BCUT2D eigenvalue weighted by molar-refractivity contribution is 0.0949. The van der Waals surface area contributed by atoms with E-state index in [1.165, 1.54) is 0 Å². The lowest BCUT2D eigenvalue weighted by atomic mass is 10.1. The number of carbonyl (C=O) groups excluding carboxylic acids is 2. The van der Waals surface area contributed by atoms with E-state index in [-0.39, 0.29) is 18.4 Å². The van der Waals surface area contributed by atoms with Gasteiger partial charge in [0.25, 0.3) is 11.8 Å². The number of hydrogen-bond donors (Lipinski definition) is 2. The Hall–Kier alpha value is -3.58. The summed E-state index contributed by atoms with van der Waals surface area (Å²) in [6.45, 7) is 3.79. The Morgan fingerprint density at radius 1 is 0.933 bits per heavy atom. The summed E-state index contributed by atoms with van der Waals surface area (Å²) in [5, 5.41) is 5.58. The number of furan rings is 1. The van der Waals surface area contributed by atoms with Crippen LogP contribution in [0, 0.1) is 0 Å². The van der Waals surface area contributed by atoms with Crippen LogP contribution in [-0.4, -0.2) is 31.6 Å². The highest BCUT2D eigenvalue weighted by Gasteiger charge is 2.14. The molecule has 2 amide bonds. The van der Waals surface area contributed by atoms with E-state index in [9.17, 15) is 9.59 Å². The number of carbonyl (C=O) groups is 2. The van der Waals surface area contributed by atoms with Crippen LogP contribution in [0.25, 0.3) is 0 Å². The predicted octanol–water partition coefficient (Wildman–Crippen LogP) is 3.88. The van der Waals surface area contributed by atoms with Crippen LogP contribution in [0.3, 0.4) is 0 Å². The van der Waals surface area contributed by atoms with E-state index < -0.39 is 0 Å². The Kier molecular flexibility index (Phi) is 7.63. The maximum Gasteiger partial charge on any atom is 0.255 e. The van der Waals surface area contributed by atoms with E-state index in [2.05, 4.69) is 10.6 Å². The molecule has 0 aliphatic heterocycles. The van der Waals surface area contributed by atoms with Crippen LogP contribution in [0.4, 0.5) is 5.69 Å². The van der Waals surface area contributed by atoms with Gasteiger partial charge in [-0.3, -0.25) is 9.59 Å². The first-order chi connectivity index (χ1) is 14.7. The molecule has 0 radical (unpaired) electrons. The van der Waals surface area contributed by atoms with Crippen molar-refractivity contribution in [1.82, 2.24) is 5.32 Å². The molecule has 2 aromatic carbocycles. The zero-order valence-electron chi connectivity index (χ0n) is 16.7. The monoisotopic (exact) mass is 408 g/mol. The summed E-state index contributed by atoms with van der Waals surface area (Å²) in [5.41, 5.74) is 1.25. The zero-order chi connectivity index (χ0) is 21.2. The van der Waals surface area contributed by atoms with Crippen molar-refractivity contribution in [1.29, 1.82) is 0 Å². The van der Waals surface area contributed by atoms with Crippen molar-refractivity contribution in [2.45, 2.75) is 13.5 Å². The summed E-state index contributed by atoms with van der Waals surface area (Å²) < 4.78 is 16.0. The molecule has 2 N–H and O–H groups in total. The van der Waals surface area contributed by atoms with Gasteiger partial charge in [-0.2, -0.15) is 0 Å². The van der Waals surface area contributed by atoms with Gasteiger partial charge >= 0.3 is 0 Å². The molecular formula is C23H24N2O5. The van der Waals surface area contributed by atoms with E-state index in [4.69, 9.17) is 13.9 Å². The molecule has 156 valence electrons. The van der Waals surface area contributed by atoms with Crippen molar-refractivity contribution in [3.63, 3.8) is 0 Å². The molecule has 0 aliphatic carbocycles. The summed E-state index contributed by atoms with van der Waals surface area (Å²) in [6.07, 6.45) is 1.55. The molecule has 3 aromatic rings. The molecule has 0 saturated carbocycles. The number of rotatable bonds is 10. The fraction of sp³-hybridized carbons (Fsp3) is 0.217. The predicted molar refractivity (Wildman–Crippen MR) is 113 cm³/mol. The molecule has 0 atom stereocenters. The smallest absolute Gasteiger partial charge is 0.255 e. The highest BCUT2D eigenvalue weighted by atomic mass is 16.5. The van der Waals surface area contributed by atoms with Crippen LogP contribution in [0.1, 0.15) is 33.4 Å². The molecule has 30 heavy (non-hydrogen) atoms. The fourth-order valence-corrected chi connectivity index (χ4v) is 2.73. The number of benzene rings is 2. The number of nitrogens with one attached hydrogen (secondary N) is 2. The summed E-state index contributed by atoms with van der Waals surface area (Å²) in [7, 11) is 0. The minimum Gasteiger partial charge on any atom is -0.491 e. The fourth-order valence-electron chi connectivity index (χ4n) is 2.73. The van der Waals surface area contributed by atoms with Crippen molar-refractivity contribution in [2.75, 3.05) is 25.1 Å². The molecule has 0 spiro atoms. The Morgan fingerprint density at radius 2 is 1.73 bits per heavy atom. The molecular weight excluding hydrogens is 384 g/mol. The maximum absolute atomic E-state index is 12.6. The topological polar surface area (TPSA) is 89.8 Å². The van der Waals surface area contributed by atoms with Crippen molar-refractivity contribution in [3.05, 3.63) is 83.8 Å². The van der Waals surface area contributed by atoms with Gasteiger partial charge in [0.1, 0.15) is 18.1 Å². The maximum atomic E-state index is 12.6. The summed E-state index contributed by atoms with van der Waals surface area (Å²) in [4.78, 5) is 25.2. The van der Waals surface area contributed by atoms with Gasteiger partial charge in [-0.25, -0.2) is 0 Å². The Balaban J connectivity index is 1.60. The molecule has 3 rings (SSSR count). The van der Waals surface area contributed by atoms with Crippen LogP contribution in [0.15, 0.2) is 71.3 Å². The van der Waals surface area contributed by atoms with E-state index in [0.717, 1.165) is 0 Å². The molecule has 0 saturated heterocycles. The molecule has 0 unspecified atom stereocenters. The minimum absolute atomic E-state index is 0.263. The highest BCUT2D eigenvalue weighted by molar-refractivity contribution is 6.09. The lowest BCUT2D eigenvalue weighted by Crippen LogP contribution is -2.24. The van der Waals surface area contributed by atoms with Crippen LogP contribution in [0.2, 0.25) is 0 Å². The van der Waals surface area contributed by atoms with Crippen molar-refractivity contribution in [3.8, 4) is 5.75 Å². The van der Waals surface area contributed by atoms with Gasteiger partial charge in [-0.1, -0.05) is 12.1 Å². The van der Waals surface area contributed by atoms with Gasteiger partial charge in [0.2, 0.25) is 0 Å². The number of amides is 2. The van der Waals surface area contributed by atoms with Gasteiger partial charge in [0.15, 0.2) is 0 Å². The Bertz CT molecular complexity index is 952. The first kappa shape index (κ1) is 21.1. The SMILES string of the molecule is CCOCCOc1ccc(C(=O)Nc2ccccc2C(=O)NCc2ccco2)cc1. The number of anilines is 1. The van der Waals surface area contributed by atoms with Crippen LogP contribution in [0.5, 0.6) is 5.75 Å². The van der Waals surface area contributed by atoms with Crippen molar-refractivity contribution < 1.29 is 23.5 Å². The van der Waals surface area contributed by atoms with Gasteiger partial charge in [0.05, 0.1) is 30.7 Å². The summed E-state index contributed by atoms with van der Waals surface area (Å²) in [6, 6.07) is 17.2. The molecule has 7 heteroatoms.